The summed E-state index contributed by atoms with van der Waals surface area (Å²) in [5.41, 5.74) is 0.915. The van der Waals surface area contributed by atoms with E-state index in [4.69, 9.17) is 0 Å². The predicted molar refractivity (Wildman–Crippen MR) is 69.5 cm³/mol. The largest absolute Gasteiger partial charge is 0.456 e. The zero-order valence-corrected chi connectivity index (χ0v) is 10.6. The van der Waals surface area contributed by atoms with Crippen LogP contribution in [0, 0.1) is 23.7 Å². The third-order valence-corrected chi connectivity index (χ3v) is 2.60. The van der Waals surface area contributed by atoms with Gasteiger partial charge in [-0.15, -0.1) is 11.8 Å². The molecule has 86 valence electrons. The maximum absolute atomic E-state index is 10.9. The second kappa shape index (κ2) is 7.44. The van der Waals surface area contributed by atoms with Crippen molar-refractivity contribution in [1.82, 2.24) is 0 Å². The number of hydrogen-bond donors (Lipinski definition) is 0. The summed E-state index contributed by atoms with van der Waals surface area (Å²) in [5.74, 6) is 9.78. The number of hydrogen-bond acceptors (Lipinski definition) is 3. The van der Waals surface area contributed by atoms with Crippen molar-refractivity contribution in [2.75, 3.05) is 12.9 Å². The molecule has 3 heteroatoms. The third-order valence-electron chi connectivity index (χ3n) is 1.81. The van der Waals surface area contributed by atoms with Crippen LogP contribution in [0.25, 0.3) is 0 Å². The third kappa shape index (κ3) is 4.68. The van der Waals surface area contributed by atoms with Crippen molar-refractivity contribution in [3.8, 4) is 23.7 Å². The van der Waals surface area contributed by atoms with Gasteiger partial charge in [-0.05, 0) is 37.2 Å². The fraction of sp³-hybridized carbons (Fsp3) is 0.214. The van der Waals surface area contributed by atoms with Crippen LogP contribution in [0.1, 0.15) is 12.5 Å². The lowest BCUT2D eigenvalue weighted by atomic mass is 10.2. The lowest BCUT2D eigenvalue weighted by Gasteiger charge is -1.97. The molecular formula is C14H12O2S. The van der Waals surface area contributed by atoms with Crippen LogP contribution in [0.5, 0.6) is 0 Å². The standard InChI is InChI=1S/C14H12O2S/c1-3-16-14(15)11-7-5-9-12-8-4-6-10-13(12)17-2/h4,6,8,10H,3H2,1-2H3. The van der Waals surface area contributed by atoms with Gasteiger partial charge in [-0.2, -0.15) is 0 Å². The molecule has 0 atom stereocenters. The number of carbonyl (C=O) groups is 1. The molecule has 1 aromatic rings. The molecule has 0 aliphatic rings. The van der Waals surface area contributed by atoms with Crippen molar-refractivity contribution in [2.45, 2.75) is 11.8 Å². The Labute approximate surface area is 106 Å². The maximum atomic E-state index is 10.9. The molecular weight excluding hydrogens is 232 g/mol. The first kappa shape index (κ1) is 13.2. The molecule has 17 heavy (non-hydrogen) atoms. The molecule has 0 aliphatic heterocycles. The van der Waals surface area contributed by atoms with Crippen molar-refractivity contribution in [3.05, 3.63) is 29.8 Å². The van der Waals surface area contributed by atoms with Gasteiger partial charge in [0, 0.05) is 16.4 Å². The SMILES string of the molecule is CCOC(=O)C#CC#Cc1ccccc1SC. The summed E-state index contributed by atoms with van der Waals surface area (Å²) < 4.78 is 4.65. The van der Waals surface area contributed by atoms with Crippen molar-refractivity contribution in [3.63, 3.8) is 0 Å². The molecule has 0 radical (unpaired) electrons. The van der Waals surface area contributed by atoms with Crippen LogP contribution >= 0.6 is 11.8 Å². The first-order chi connectivity index (χ1) is 8.27. The molecule has 0 N–H and O–H groups in total. The second-order valence-electron chi connectivity index (χ2n) is 2.92. The number of benzene rings is 1. The molecule has 0 amide bonds. The minimum atomic E-state index is -0.542. The second-order valence-corrected chi connectivity index (χ2v) is 3.77. The van der Waals surface area contributed by atoms with Crippen LogP contribution in [-0.2, 0) is 9.53 Å². The smallest absolute Gasteiger partial charge is 0.385 e. The number of thioether (sulfide) groups is 1. The molecule has 1 aromatic carbocycles. The summed E-state index contributed by atoms with van der Waals surface area (Å²) in [4.78, 5) is 12.0. The molecule has 0 fully saturated rings. The van der Waals surface area contributed by atoms with E-state index in [0.29, 0.717) is 6.61 Å². The van der Waals surface area contributed by atoms with E-state index in [0.717, 1.165) is 10.5 Å². The fourth-order valence-corrected chi connectivity index (χ4v) is 1.65. The molecule has 0 aromatic heterocycles. The summed E-state index contributed by atoms with van der Waals surface area (Å²) in [5, 5.41) is 0. The van der Waals surface area contributed by atoms with Gasteiger partial charge in [0.15, 0.2) is 0 Å². The monoisotopic (exact) mass is 244 g/mol. The van der Waals surface area contributed by atoms with E-state index < -0.39 is 5.97 Å². The van der Waals surface area contributed by atoms with E-state index in [1.807, 2.05) is 30.5 Å². The predicted octanol–water partition coefficient (Wildman–Crippen LogP) is 2.33. The summed E-state index contributed by atoms with van der Waals surface area (Å²) in [6.45, 7) is 2.07. The lowest BCUT2D eigenvalue weighted by molar-refractivity contribution is -0.136. The zero-order valence-electron chi connectivity index (χ0n) is 9.74. The first-order valence-corrected chi connectivity index (χ1v) is 6.32. The molecule has 0 heterocycles. The van der Waals surface area contributed by atoms with Crippen molar-refractivity contribution in [1.29, 1.82) is 0 Å². The van der Waals surface area contributed by atoms with Crippen molar-refractivity contribution >= 4 is 17.7 Å². The topological polar surface area (TPSA) is 26.3 Å². The van der Waals surface area contributed by atoms with Gasteiger partial charge >= 0.3 is 5.97 Å². The Bertz CT molecular complexity index is 512. The Balaban J connectivity index is 2.75. The van der Waals surface area contributed by atoms with Gasteiger partial charge in [0.2, 0.25) is 0 Å². The quantitative estimate of drug-likeness (QED) is 0.346. The van der Waals surface area contributed by atoms with Gasteiger partial charge in [0.05, 0.1) is 6.61 Å². The average molecular weight is 244 g/mol. The van der Waals surface area contributed by atoms with Crippen LogP contribution in [0.4, 0.5) is 0 Å². The van der Waals surface area contributed by atoms with Crippen molar-refractivity contribution in [2.24, 2.45) is 0 Å². The molecule has 0 unspecified atom stereocenters. The Morgan fingerprint density at radius 3 is 2.82 bits per heavy atom. The molecule has 0 saturated carbocycles. The van der Waals surface area contributed by atoms with E-state index in [9.17, 15) is 4.79 Å². The number of esters is 1. The highest BCUT2D eigenvalue weighted by Crippen LogP contribution is 2.18. The van der Waals surface area contributed by atoms with Gasteiger partial charge in [0.25, 0.3) is 0 Å². The zero-order chi connectivity index (χ0) is 12.5. The van der Waals surface area contributed by atoms with E-state index >= 15 is 0 Å². The highest BCUT2D eigenvalue weighted by atomic mass is 32.2. The van der Waals surface area contributed by atoms with Crippen LogP contribution in [0.3, 0.4) is 0 Å². The molecule has 1 rings (SSSR count). The fourth-order valence-electron chi connectivity index (χ4n) is 1.10. The number of carbonyl (C=O) groups excluding carboxylic acids is 1. The van der Waals surface area contributed by atoms with Crippen molar-refractivity contribution < 1.29 is 9.53 Å². The summed E-state index contributed by atoms with van der Waals surface area (Å²) >= 11 is 1.63. The molecule has 0 aliphatic carbocycles. The lowest BCUT2D eigenvalue weighted by Crippen LogP contribution is -1.99. The molecule has 0 bridgehead atoms. The summed E-state index contributed by atoms with van der Waals surface area (Å²) in [6, 6.07) is 7.79. The van der Waals surface area contributed by atoms with Gasteiger partial charge in [-0.1, -0.05) is 18.1 Å². The van der Waals surface area contributed by atoms with Gasteiger partial charge in [-0.25, -0.2) is 4.79 Å². The van der Waals surface area contributed by atoms with Crippen LogP contribution in [0.2, 0.25) is 0 Å². The number of ether oxygens (including phenoxy) is 1. The van der Waals surface area contributed by atoms with E-state index in [1.165, 1.54) is 0 Å². The highest BCUT2D eigenvalue weighted by Gasteiger charge is 1.94. The van der Waals surface area contributed by atoms with Gasteiger partial charge in [-0.3, -0.25) is 0 Å². The van der Waals surface area contributed by atoms with E-state index in [2.05, 4.69) is 28.4 Å². The molecule has 0 saturated heterocycles. The normalized spacial score (nSPS) is 8.35. The van der Waals surface area contributed by atoms with Crippen LogP contribution in [0.15, 0.2) is 29.2 Å². The minimum absolute atomic E-state index is 0.330. The van der Waals surface area contributed by atoms with Crippen LogP contribution < -0.4 is 0 Å². The highest BCUT2D eigenvalue weighted by molar-refractivity contribution is 7.98. The number of rotatable bonds is 2. The Morgan fingerprint density at radius 1 is 1.35 bits per heavy atom. The Hall–Kier alpha value is -1.84. The maximum Gasteiger partial charge on any atom is 0.385 e. The molecule has 0 spiro atoms. The Kier molecular flexibility index (Phi) is 5.79. The van der Waals surface area contributed by atoms with E-state index in [1.54, 1.807) is 18.7 Å². The molecule has 2 nitrogen and oxygen atoms in total. The summed E-state index contributed by atoms with van der Waals surface area (Å²) in [6.07, 6.45) is 1.99. The van der Waals surface area contributed by atoms with E-state index in [-0.39, 0.29) is 0 Å². The van der Waals surface area contributed by atoms with Gasteiger partial charge < -0.3 is 4.74 Å². The summed E-state index contributed by atoms with van der Waals surface area (Å²) in [7, 11) is 0. The van der Waals surface area contributed by atoms with Crippen LogP contribution in [-0.4, -0.2) is 18.8 Å². The average Bonchev–Trinajstić information content (AvgIpc) is 2.35. The Morgan fingerprint density at radius 2 is 2.12 bits per heavy atom. The minimum Gasteiger partial charge on any atom is -0.456 e. The first-order valence-electron chi connectivity index (χ1n) is 5.09. The van der Waals surface area contributed by atoms with Gasteiger partial charge in [0.1, 0.15) is 0 Å².